The summed E-state index contributed by atoms with van der Waals surface area (Å²) in [7, 11) is 0. The molecule has 0 heteroatoms. The van der Waals surface area contributed by atoms with E-state index in [4.69, 9.17) is 0 Å². The third kappa shape index (κ3) is 0.500. The van der Waals surface area contributed by atoms with Gasteiger partial charge in [-0.25, -0.2) is 0 Å². The average Bonchev–Trinajstić information content (AvgIpc) is 2.60. The van der Waals surface area contributed by atoms with Crippen LogP contribution in [-0.2, 0) is 0 Å². The standard InChI is InChI=1S/C13H20/c1-3-13-6-8-4-10-11(13)5-9(7-13)12(8,10)2/h8-11H,3-7H2,1-2H3. The van der Waals surface area contributed by atoms with Crippen LogP contribution in [0.15, 0.2) is 0 Å². The van der Waals surface area contributed by atoms with Gasteiger partial charge in [0.15, 0.2) is 0 Å². The minimum Gasteiger partial charge on any atom is -0.0648 e. The summed E-state index contributed by atoms with van der Waals surface area (Å²) in [6, 6.07) is 0. The lowest BCUT2D eigenvalue weighted by Gasteiger charge is -2.69. The Balaban J connectivity index is 1.87. The molecule has 13 heavy (non-hydrogen) atoms. The summed E-state index contributed by atoms with van der Waals surface area (Å²) < 4.78 is 0. The second-order valence-corrected chi connectivity index (χ2v) is 6.57. The Kier molecular flexibility index (Phi) is 0.971. The van der Waals surface area contributed by atoms with Gasteiger partial charge in [0.1, 0.15) is 0 Å². The summed E-state index contributed by atoms with van der Waals surface area (Å²) in [4.78, 5) is 0. The van der Waals surface area contributed by atoms with E-state index in [0.29, 0.717) is 0 Å². The number of rotatable bonds is 1. The smallest absolute Gasteiger partial charge is 0.0237 e. The molecule has 0 aromatic rings. The van der Waals surface area contributed by atoms with E-state index >= 15 is 0 Å². The van der Waals surface area contributed by atoms with Crippen LogP contribution in [-0.4, -0.2) is 0 Å². The molecule has 5 rings (SSSR count). The molecule has 0 aliphatic heterocycles. The largest absolute Gasteiger partial charge is 0.0648 e. The molecule has 0 nitrogen and oxygen atoms in total. The quantitative estimate of drug-likeness (QED) is 0.574. The van der Waals surface area contributed by atoms with Crippen LogP contribution in [0.3, 0.4) is 0 Å². The van der Waals surface area contributed by atoms with Gasteiger partial charge in [0, 0.05) is 0 Å². The van der Waals surface area contributed by atoms with E-state index in [0.717, 1.165) is 28.6 Å². The molecule has 0 spiro atoms. The van der Waals surface area contributed by atoms with Gasteiger partial charge in [-0.15, -0.1) is 0 Å². The van der Waals surface area contributed by atoms with E-state index in [9.17, 15) is 0 Å². The first kappa shape index (κ1) is 7.31. The van der Waals surface area contributed by atoms with Crippen LogP contribution in [0.2, 0.25) is 0 Å². The van der Waals surface area contributed by atoms with Gasteiger partial charge < -0.3 is 0 Å². The minimum atomic E-state index is 0.849. The van der Waals surface area contributed by atoms with Crippen molar-refractivity contribution in [2.45, 2.75) is 46.0 Å². The van der Waals surface area contributed by atoms with Crippen molar-refractivity contribution in [1.29, 1.82) is 0 Å². The first-order valence-electron chi connectivity index (χ1n) is 6.21. The molecule has 6 unspecified atom stereocenters. The molecule has 0 heterocycles. The lowest BCUT2D eigenvalue weighted by atomic mass is 9.36. The fourth-order valence-corrected chi connectivity index (χ4v) is 6.12. The van der Waals surface area contributed by atoms with Crippen molar-refractivity contribution in [3.05, 3.63) is 0 Å². The Hall–Kier alpha value is 0. The molecule has 0 aromatic heterocycles. The molecular formula is C13H20. The van der Waals surface area contributed by atoms with Crippen LogP contribution in [0.25, 0.3) is 0 Å². The first-order chi connectivity index (χ1) is 6.21. The van der Waals surface area contributed by atoms with E-state index in [-0.39, 0.29) is 0 Å². The van der Waals surface area contributed by atoms with E-state index in [1.165, 1.54) is 12.3 Å². The summed E-state index contributed by atoms with van der Waals surface area (Å²) in [5, 5.41) is 0. The topological polar surface area (TPSA) is 0 Å². The van der Waals surface area contributed by atoms with Crippen LogP contribution >= 0.6 is 0 Å². The van der Waals surface area contributed by atoms with Crippen molar-refractivity contribution in [3.8, 4) is 0 Å². The summed E-state index contributed by atoms with van der Waals surface area (Å²) >= 11 is 0. The monoisotopic (exact) mass is 176 g/mol. The molecule has 6 atom stereocenters. The predicted octanol–water partition coefficient (Wildman–Crippen LogP) is 3.47. The van der Waals surface area contributed by atoms with Crippen molar-refractivity contribution < 1.29 is 0 Å². The molecule has 0 amide bonds. The molecule has 5 aliphatic rings. The van der Waals surface area contributed by atoms with Crippen molar-refractivity contribution in [1.82, 2.24) is 0 Å². The maximum Gasteiger partial charge on any atom is -0.0237 e. The fourth-order valence-electron chi connectivity index (χ4n) is 6.12. The molecule has 5 fully saturated rings. The van der Waals surface area contributed by atoms with Gasteiger partial charge in [-0.1, -0.05) is 20.3 Å². The third-order valence-electron chi connectivity index (χ3n) is 6.92. The Morgan fingerprint density at radius 1 is 1.08 bits per heavy atom. The second kappa shape index (κ2) is 1.73. The van der Waals surface area contributed by atoms with Crippen LogP contribution in [0.5, 0.6) is 0 Å². The third-order valence-corrected chi connectivity index (χ3v) is 6.92. The Morgan fingerprint density at radius 2 is 1.69 bits per heavy atom. The molecule has 72 valence electrons. The molecule has 5 aliphatic carbocycles. The molecule has 0 saturated heterocycles. The average molecular weight is 176 g/mol. The highest BCUT2D eigenvalue weighted by atomic mass is 14.8. The summed E-state index contributed by atoms with van der Waals surface area (Å²) in [5.41, 5.74) is 1.71. The van der Waals surface area contributed by atoms with Crippen LogP contribution < -0.4 is 0 Å². The van der Waals surface area contributed by atoms with Crippen molar-refractivity contribution in [3.63, 3.8) is 0 Å². The first-order valence-corrected chi connectivity index (χ1v) is 6.21. The Labute approximate surface area is 81.1 Å². The molecule has 0 N–H and O–H groups in total. The van der Waals surface area contributed by atoms with Crippen LogP contribution in [0.1, 0.15) is 46.0 Å². The maximum atomic E-state index is 2.62. The predicted molar refractivity (Wildman–Crippen MR) is 53.3 cm³/mol. The Bertz CT molecular complexity index is 278. The van der Waals surface area contributed by atoms with E-state index in [2.05, 4.69) is 13.8 Å². The van der Waals surface area contributed by atoms with Crippen LogP contribution in [0.4, 0.5) is 0 Å². The van der Waals surface area contributed by atoms with Gasteiger partial charge in [0.2, 0.25) is 0 Å². The van der Waals surface area contributed by atoms with E-state index in [1.54, 1.807) is 25.7 Å². The zero-order chi connectivity index (χ0) is 8.84. The highest BCUT2D eigenvalue weighted by molar-refractivity contribution is 5.24. The molecule has 0 radical (unpaired) electrons. The summed E-state index contributed by atoms with van der Waals surface area (Å²) in [5.74, 6) is 4.63. The molecule has 5 bridgehead atoms. The Morgan fingerprint density at radius 3 is 2.23 bits per heavy atom. The molecule has 0 aromatic carbocycles. The van der Waals surface area contributed by atoms with Gasteiger partial charge in [-0.3, -0.25) is 0 Å². The SMILES string of the molecule is CCC12CC3CC1C1CC(C2)C31C. The van der Waals surface area contributed by atoms with Crippen LogP contribution in [0, 0.1) is 34.5 Å². The lowest BCUT2D eigenvalue weighted by Crippen LogP contribution is -2.62. The van der Waals surface area contributed by atoms with E-state index in [1.807, 2.05) is 0 Å². The minimum absolute atomic E-state index is 0.849. The van der Waals surface area contributed by atoms with Gasteiger partial charge in [-0.2, -0.15) is 0 Å². The molecule has 5 saturated carbocycles. The second-order valence-electron chi connectivity index (χ2n) is 6.57. The molecular weight excluding hydrogens is 156 g/mol. The summed E-state index contributed by atoms with van der Waals surface area (Å²) in [6.07, 6.45) is 7.93. The zero-order valence-electron chi connectivity index (χ0n) is 8.84. The highest BCUT2D eigenvalue weighted by Gasteiger charge is 2.75. The lowest BCUT2D eigenvalue weighted by molar-refractivity contribution is -0.201. The van der Waals surface area contributed by atoms with Crippen molar-refractivity contribution in [2.75, 3.05) is 0 Å². The highest BCUT2D eigenvalue weighted by Crippen LogP contribution is 2.83. The zero-order valence-corrected chi connectivity index (χ0v) is 8.84. The van der Waals surface area contributed by atoms with Crippen molar-refractivity contribution >= 4 is 0 Å². The maximum absolute atomic E-state index is 2.62. The van der Waals surface area contributed by atoms with Gasteiger partial charge in [-0.05, 0) is 60.2 Å². The van der Waals surface area contributed by atoms with E-state index < -0.39 is 0 Å². The fraction of sp³-hybridized carbons (Fsp3) is 1.00. The number of hydrogen-bond donors (Lipinski definition) is 0. The van der Waals surface area contributed by atoms with Gasteiger partial charge >= 0.3 is 0 Å². The van der Waals surface area contributed by atoms with Crippen molar-refractivity contribution in [2.24, 2.45) is 34.5 Å². The number of hydrogen-bond acceptors (Lipinski definition) is 0. The summed E-state index contributed by atoms with van der Waals surface area (Å²) in [6.45, 7) is 5.07. The van der Waals surface area contributed by atoms with Gasteiger partial charge in [0.05, 0.1) is 0 Å². The normalized spacial score (nSPS) is 71.5. The van der Waals surface area contributed by atoms with Gasteiger partial charge in [0.25, 0.3) is 0 Å².